The van der Waals surface area contributed by atoms with Gasteiger partial charge in [-0.3, -0.25) is 0 Å². The number of aromatic nitrogens is 3. The zero-order chi connectivity index (χ0) is 17.3. The Hall–Kier alpha value is -3.58. The van der Waals surface area contributed by atoms with E-state index >= 15 is 0 Å². The van der Waals surface area contributed by atoms with Crippen molar-refractivity contribution in [2.45, 2.75) is 0 Å². The topological polar surface area (TPSA) is 78.3 Å². The van der Waals surface area contributed by atoms with E-state index in [0.29, 0.717) is 0 Å². The van der Waals surface area contributed by atoms with Crippen molar-refractivity contribution in [2.75, 3.05) is 0 Å². The Labute approximate surface area is 136 Å². The summed E-state index contributed by atoms with van der Waals surface area (Å²) in [5.41, 5.74) is 0.696. The second-order valence-corrected chi connectivity index (χ2v) is 5.02. The van der Waals surface area contributed by atoms with Crippen molar-refractivity contribution in [3.8, 4) is 34.9 Å². The molecule has 24 heavy (non-hydrogen) atoms. The minimum atomic E-state index is -0.614. The quantitative estimate of drug-likeness (QED) is 0.726. The summed E-state index contributed by atoms with van der Waals surface area (Å²) in [6, 6.07) is 11.7. The van der Waals surface area contributed by atoms with Gasteiger partial charge in [-0.15, -0.1) is 10.2 Å². The van der Waals surface area contributed by atoms with Gasteiger partial charge >= 0.3 is 0 Å². The number of hydrogen-bond acceptors (Lipinski definition) is 4. The Morgan fingerprint density at radius 1 is 0.833 bits per heavy atom. The number of benzene rings is 2. The fourth-order valence-corrected chi connectivity index (χ4v) is 2.33. The van der Waals surface area contributed by atoms with E-state index < -0.39 is 11.6 Å². The second kappa shape index (κ2) is 5.90. The molecule has 0 saturated heterocycles. The smallest absolute Gasteiger partial charge is 0.166 e. The maximum atomic E-state index is 14.2. The molecule has 0 unspecified atom stereocenters. The summed E-state index contributed by atoms with van der Waals surface area (Å²) in [4.78, 5) is 0. The van der Waals surface area contributed by atoms with E-state index in [9.17, 15) is 8.78 Å². The predicted molar refractivity (Wildman–Crippen MR) is 81.2 cm³/mol. The molecule has 0 atom stereocenters. The number of nitriles is 2. The summed E-state index contributed by atoms with van der Waals surface area (Å²) >= 11 is 0. The largest absolute Gasteiger partial charge is 0.310 e. The van der Waals surface area contributed by atoms with Crippen LogP contribution < -0.4 is 0 Å². The molecule has 2 aromatic carbocycles. The van der Waals surface area contributed by atoms with Crippen LogP contribution in [0.2, 0.25) is 0 Å². The highest BCUT2D eigenvalue weighted by atomic mass is 19.1. The highest BCUT2D eigenvalue weighted by molar-refractivity contribution is 5.64. The molecular formula is C17H9F2N5. The molecule has 116 valence electrons. The summed E-state index contributed by atoms with van der Waals surface area (Å²) in [6.07, 6.45) is 0. The molecule has 0 aliphatic rings. The lowest BCUT2D eigenvalue weighted by Gasteiger charge is -2.06. The molecule has 7 heteroatoms. The van der Waals surface area contributed by atoms with Crippen LogP contribution in [0.1, 0.15) is 11.1 Å². The number of hydrogen-bond donors (Lipinski definition) is 0. The van der Waals surface area contributed by atoms with Gasteiger partial charge in [0.15, 0.2) is 11.6 Å². The van der Waals surface area contributed by atoms with Gasteiger partial charge in [-0.1, -0.05) is 0 Å². The summed E-state index contributed by atoms with van der Waals surface area (Å²) in [7, 11) is 1.58. The Bertz CT molecular complexity index is 943. The number of rotatable bonds is 2. The first-order valence-corrected chi connectivity index (χ1v) is 6.84. The van der Waals surface area contributed by atoms with Crippen LogP contribution in [0.15, 0.2) is 36.4 Å². The molecule has 5 nitrogen and oxygen atoms in total. The average molecular weight is 321 g/mol. The summed E-state index contributed by atoms with van der Waals surface area (Å²) in [6.45, 7) is 0. The summed E-state index contributed by atoms with van der Waals surface area (Å²) in [5.74, 6) is -0.820. The van der Waals surface area contributed by atoms with Crippen molar-refractivity contribution in [1.29, 1.82) is 10.5 Å². The van der Waals surface area contributed by atoms with Gasteiger partial charge < -0.3 is 4.57 Å². The molecule has 1 heterocycles. The van der Waals surface area contributed by atoms with Crippen molar-refractivity contribution in [1.82, 2.24) is 14.8 Å². The lowest BCUT2D eigenvalue weighted by molar-refractivity contribution is 0.627. The standard InChI is InChI=1S/C17H9F2N5/c1-24-16(12-4-2-10(8-20)6-14(12)18)22-23-17(24)13-5-3-11(9-21)7-15(13)19/h2-7H,1H3. The Morgan fingerprint density at radius 2 is 1.25 bits per heavy atom. The molecular weight excluding hydrogens is 312 g/mol. The van der Waals surface area contributed by atoms with Crippen LogP contribution in [-0.4, -0.2) is 14.8 Å². The molecule has 0 amide bonds. The van der Waals surface area contributed by atoms with Crippen LogP contribution in [0.4, 0.5) is 8.78 Å². The fourth-order valence-electron chi connectivity index (χ4n) is 2.33. The molecule has 0 aliphatic carbocycles. The van der Waals surface area contributed by atoms with Gasteiger partial charge in [0, 0.05) is 7.05 Å². The van der Waals surface area contributed by atoms with Gasteiger partial charge in [-0.2, -0.15) is 10.5 Å². The van der Waals surface area contributed by atoms with Crippen molar-refractivity contribution >= 4 is 0 Å². The van der Waals surface area contributed by atoms with E-state index in [0.717, 1.165) is 12.1 Å². The minimum absolute atomic E-state index is 0.157. The van der Waals surface area contributed by atoms with Crippen LogP contribution in [0.5, 0.6) is 0 Å². The van der Waals surface area contributed by atoms with Gasteiger partial charge in [0.2, 0.25) is 0 Å². The van der Waals surface area contributed by atoms with Gasteiger partial charge in [-0.25, -0.2) is 8.78 Å². The molecule has 3 aromatic rings. The third-order valence-electron chi connectivity index (χ3n) is 3.55. The highest BCUT2D eigenvalue weighted by Gasteiger charge is 2.18. The molecule has 0 saturated carbocycles. The van der Waals surface area contributed by atoms with Crippen molar-refractivity contribution < 1.29 is 8.78 Å². The maximum absolute atomic E-state index is 14.2. The molecule has 0 N–H and O–H groups in total. The Balaban J connectivity index is 2.10. The van der Waals surface area contributed by atoms with Gasteiger partial charge in [-0.05, 0) is 36.4 Å². The van der Waals surface area contributed by atoms with Gasteiger partial charge in [0.05, 0.1) is 34.4 Å². The zero-order valence-corrected chi connectivity index (χ0v) is 12.5. The SMILES string of the molecule is Cn1c(-c2ccc(C#N)cc2F)nnc1-c1ccc(C#N)cc1F. The molecule has 0 aliphatic heterocycles. The van der Waals surface area contributed by atoms with Crippen LogP contribution in [0.25, 0.3) is 22.8 Å². The Kier molecular flexibility index (Phi) is 3.77. The number of halogens is 2. The monoisotopic (exact) mass is 321 g/mol. The second-order valence-electron chi connectivity index (χ2n) is 5.02. The molecule has 3 rings (SSSR count). The van der Waals surface area contributed by atoms with E-state index in [4.69, 9.17) is 10.5 Å². The fraction of sp³-hybridized carbons (Fsp3) is 0.0588. The first kappa shape index (κ1) is 15.3. The molecule has 0 bridgehead atoms. The van der Waals surface area contributed by atoms with Crippen LogP contribution in [0, 0.1) is 34.3 Å². The van der Waals surface area contributed by atoms with E-state index in [-0.39, 0.29) is 33.9 Å². The number of nitrogens with zero attached hydrogens (tertiary/aromatic N) is 5. The zero-order valence-electron chi connectivity index (χ0n) is 12.5. The third kappa shape index (κ3) is 2.49. The predicted octanol–water partition coefficient (Wildman–Crippen LogP) is 3.17. The molecule has 0 spiro atoms. The summed E-state index contributed by atoms with van der Waals surface area (Å²) < 4.78 is 29.8. The van der Waals surface area contributed by atoms with E-state index in [2.05, 4.69) is 10.2 Å². The van der Waals surface area contributed by atoms with Crippen molar-refractivity contribution in [3.63, 3.8) is 0 Å². The first-order valence-electron chi connectivity index (χ1n) is 6.84. The highest BCUT2D eigenvalue weighted by Crippen LogP contribution is 2.27. The van der Waals surface area contributed by atoms with E-state index in [1.807, 2.05) is 12.1 Å². The minimum Gasteiger partial charge on any atom is -0.310 e. The molecule has 1 aromatic heterocycles. The molecule has 0 radical (unpaired) electrons. The lowest BCUT2D eigenvalue weighted by atomic mass is 10.1. The van der Waals surface area contributed by atoms with Crippen LogP contribution >= 0.6 is 0 Å². The normalized spacial score (nSPS) is 10.2. The maximum Gasteiger partial charge on any atom is 0.166 e. The molecule has 0 fully saturated rings. The lowest BCUT2D eigenvalue weighted by Crippen LogP contribution is -1.99. The third-order valence-corrected chi connectivity index (χ3v) is 3.55. The Morgan fingerprint density at radius 3 is 1.58 bits per heavy atom. The van der Waals surface area contributed by atoms with E-state index in [1.54, 1.807) is 7.05 Å². The van der Waals surface area contributed by atoms with Gasteiger partial charge in [0.25, 0.3) is 0 Å². The van der Waals surface area contributed by atoms with Crippen LogP contribution in [-0.2, 0) is 7.05 Å². The van der Waals surface area contributed by atoms with Gasteiger partial charge in [0.1, 0.15) is 11.6 Å². The van der Waals surface area contributed by atoms with E-state index in [1.165, 1.54) is 28.8 Å². The van der Waals surface area contributed by atoms with Crippen molar-refractivity contribution in [3.05, 3.63) is 59.2 Å². The first-order chi connectivity index (χ1) is 11.5. The summed E-state index contributed by atoms with van der Waals surface area (Å²) in [5, 5.41) is 25.4. The van der Waals surface area contributed by atoms with Crippen molar-refractivity contribution in [2.24, 2.45) is 7.05 Å². The average Bonchev–Trinajstić information content (AvgIpc) is 2.95. The van der Waals surface area contributed by atoms with Crippen LogP contribution in [0.3, 0.4) is 0 Å².